The smallest absolute Gasteiger partial charge is 0.234 e. The van der Waals surface area contributed by atoms with Gasteiger partial charge in [-0.3, -0.25) is 9.59 Å². The largest absolute Gasteiger partial charge is 0.394 e. The lowest BCUT2D eigenvalue weighted by Gasteiger charge is -2.41. The van der Waals surface area contributed by atoms with E-state index in [2.05, 4.69) is 5.32 Å². The van der Waals surface area contributed by atoms with E-state index in [0.717, 1.165) is 4.91 Å². The lowest BCUT2D eigenvalue weighted by molar-refractivity contribution is -0.299. The standard InChI is InChI=1S/C17H23NO8S/c1-17(2)7(3-8(20)11-15(17)27-6-10(21)18-11)5-25-16-14(24)13(23)12(22)9(4-19)26-16/h3,9,12-14,16,19,22-24H,4-6H2,1-2H3,(H,18,21)/t9-,12-,13+,14-,16-/m0/s1. The van der Waals surface area contributed by atoms with Crippen molar-refractivity contribution in [3.05, 3.63) is 22.3 Å². The van der Waals surface area contributed by atoms with Crippen molar-refractivity contribution >= 4 is 23.5 Å². The van der Waals surface area contributed by atoms with Crippen LogP contribution in [0.15, 0.2) is 22.3 Å². The van der Waals surface area contributed by atoms with Crippen LogP contribution < -0.4 is 5.32 Å². The third-order valence-electron chi connectivity index (χ3n) is 5.01. The molecular formula is C17H23NO8S. The van der Waals surface area contributed by atoms with Gasteiger partial charge in [0.05, 0.1) is 24.7 Å². The lowest BCUT2D eigenvalue weighted by atomic mass is 9.78. The van der Waals surface area contributed by atoms with Crippen LogP contribution in [0.3, 0.4) is 0 Å². The summed E-state index contributed by atoms with van der Waals surface area (Å²) in [6, 6.07) is 0. The first-order valence-corrected chi connectivity index (χ1v) is 9.50. The number of ketones is 1. The Morgan fingerprint density at radius 2 is 1.96 bits per heavy atom. The summed E-state index contributed by atoms with van der Waals surface area (Å²) in [5.74, 6) is -0.342. The second-order valence-electron chi connectivity index (χ2n) is 7.21. The molecule has 1 saturated heterocycles. The molecule has 5 N–H and O–H groups in total. The fraction of sp³-hybridized carbons (Fsp3) is 0.647. The van der Waals surface area contributed by atoms with Gasteiger partial charge in [-0.2, -0.15) is 0 Å². The van der Waals surface area contributed by atoms with Gasteiger partial charge in [0.25, 0.3) is 0 Å². The molecule has 0 saturated carbocycles. The number of aliphatic hydroxyl groups excluding tert-OH is 4. The van der Waals surface area contributed by atoms with E-state index < -0.39 is 42.7 Å². The molecule has 150 valence electrons. The maximum atomic E-state index is 12.4. The first kappa shape index (κ1) is 20.5. The molecule has 0 aromatic rings. The Labute approximate surface area is 160 Å². The van der Waals surface area contributed by atoms with Gasteiger partial charge in [0, 0.05) is 10.3 Å². The zero-order valence-corrected chi connectivity index (χ0v) is 15.7. The van der Waals surface area contributed by atoms with Gasteiger partial charge in [-0.15, -0.1) is 11.8 Å². The molecule has 27 heavy (non-hydrogen) atoms. The van der Waals surface area contributed by atoms with E-state index in [9.17, 15) is 30.0 Å². The minimum Gasteiger partial charge on any atom is -0.394 e. The van der Waals surface area contributed by atoms with Crippen LogP contribution in [-0.2, 0) is 19.1 Å². The Hall–Kier alpha value is -1.27. The number of carbonyl (C=O) groups is 2. The van der Waals surface area contributed by atoms with Crippen molar-refractivity contribution in [1.29, 1.82) is 0 Å². The predicted octanol–water partition coefficient (Wildman–Crippen LogP) is -1.59. The average molecular weight is 401 g/mol. The highest BCUT2D eigenvalue weighted by molar-refractivity contribution is 8.03. The number of aliphatic hydroxyl groups is 4. The molecule has 9 nitrogen and oxygen atoms in total. The monoisotopic (exact) mass is 401 g/mol. The molecule has 0 spiro atoms. The molecule has 0 aromatic heterocycles. The molecule has 1 fully saturated rings. The summed E-state index contributed by atoms with van der Waals surface area (Å²) in [6.07, 6.45) is -5.47. The number of hydrogen-bond acceptors (Lipinski definition) is 9. The molecule has 0 radical (unpaired) electrons. The van der Waals surface area contributed by atoms with Crippen molar-refractivity contribution in [2.75, 3.05) is 19.0 Å². The SMILES string of the molecule is CC1(C)C(CO[C@H]2O[C@@H](CO)[C@H](O)[C@@H](O)[C@@H]2O)=CC(=O)C2=C1SCC(=O)N2. The summed E-state index contributed by atoms with van der Waals surface area (Å²) < 4.78 is 10.9. The van der Waals surface area contributed by atoms with Gasteiger partial charge in [0.15, 0.2) is 6.29 Å². The highest BCUT2D eigenvalue weighted by Crippen LogP contribution is 2.47. The number of allylic oxidation sites excluding steroid dienone is 2. The van der Waals surface area contributed by atoms with Crippen LogP contribution in [0.5, 0.6) is 0 Å². The van der Waals surface area contributed by atoms with Gasteiger partial charge >= 0.3 is 0 Å². The first-order valence-electron chi connectivity index (χ1n) is 8.51. The van der Waals surface area contributed by atoms with Gasteiger partial charge in [-0.05, 0) is 11.6 Å². The third-order valence-corrected chi connectivity index (χ3v) is 6.42. The lowest BCUT2D eigenvalue weighted by Crippen LogP contribution is -2.59. The number of thioether (sulfide) groups is 1. The second-order valence-corrected chi connectivity index (χ2v) is 8.19. The zero-order chi connectivity index (χ0) is 19.9. The molecule has 10 heteroatoms. The Morgan fingerprint density at radius 1 is 1.26 bits per heavy atom. The molecule has 0 bridgehead atoms. The Bertz CT molecular complexity index is 701. The fourth-order valence-corrected chi connectivity index (χ4v) is 4.40. The number of carbonyl (C=O) groups excluding carboxylic acids is 2. The van der Waals surface area contributed by atoms with E-state index >= 15 is 0 Å². The van der Waals surface area contributed by atoms with Crippen molar-refractivity contribution < 1.29 is 39.5 Å². The molecule has 1 aliphatic carbocycles. The average Bonchev–Trinajstić information content (AvgIpc) is 2.63. The van der Waals surface area contributed by atoms with Crippen molar-refractivity contribution in [3.8, 4) is 0 Å². The predicted molar refractivity (Wildman–Crippen MR) is 94.2 cm³/mol. The number of amides is 1. The third kappa shape index (κ3) is 3.70. The Balaban J connectivity index is 1.74. The van der Waals surface area contributed by atoms with E-state index in [0.29, 0.717) is 5.57 Å². The Kier molecular flexibility index (Phi) is 5.78. The summed E-state index contributed by atoms with van der Waals surface area (Å²) >= 11 is 1.30. The normalized spacial score (nSPS) is 36.2. The summed E-state index contributed by atoms with van der Waals surface area (Å²) in [7, 11) is 0. The first-order chi connectivity index (χ1) is 12.7. The number of ether oxygens (including phenoxy) is 2. The highest BCUT2D eigenvalue weighted by Gasteiger charge is 2.45. The summed E-state index contributed by atoms with van der Waals surface area (Å²) in [5.41, 5.74) is 0.306. The molecule has 0 aromatic carbocycles. The van der Waals surface area contributed by atoms with E-state index in [1.807, 2.05) is 13.8 Å². The molecular weight excluding hydrogens is 378 g/mol. The van der Waals surface area contributed by atoms with Crippen LogP contribution in [-0.4, -0.2) is 81.8 Å². The van der Waals surface area contributed by atoms with Crippen LogP contribution in [0.4, 0.5) is 0 Å². The molecule has 2 aliphatic heterocycles. The van der Waals surface area contributed by atoms with Crippen LogP contribution in [0.1, 0.15) is 13.8 Å². The van der Waals surface area contributed by atoms with Crippen LogP contribution in [0.2, 0.25) is 0 Å². The molecule has 2 heterocycles. The number of nitrogens with one attached hydrogen (secondary N) is 1. The van der Waals surface area contributed by atoms with Crippen molar-refractivity contribution in [2.45, 2.75) is 44.6 Å². The molecule has 1 amide bonds. The van der Waals surface area contributed by atoms with E-state index in [-0.39, 0.29) is 29.7 Å². The van der Waals surface area contributed by atoms with Gasteiger partial charge in [0.2, 0.25) is 11.7 Å². The Morgan fingerprint density at radius 3 is 2.63 bits per heavy atom. The minimum absolute atomic E-state index is 0.0767. The number of rotatable bonds is 4. The van der Waals surface area contributed by atoms with E-state index in [4.69, 9.17) is 9.47 Å². The minimum atomic E-state index is -1.53. The van der Waals surface area contributed by atoms with E-state index in [1.165, 1.54) is 17.8 Å². The van der Waals surface area contributed by atoms with Crippen LogP contribution in [0, 0.1) is 5.41 Å². The van der Waals surface area contributed by atoms with Crippen LogP contribution in [0.25, 0.3) is 0 Å². The maximum absolute atomic E-state index is 12.4. The van der Waals surface area contributed by atoms with Crippen LogP contribution >= 0.6 is 11.8 Å². The van der Waals surface area contributed by atoms with Gasteiger partial charge < -0.3 is 35.2 Å². The zero-order valence-electron chi connectivity index (χ0n) is 14.9. The molecule has 5 atom stereocenters. The summed E-state index contributed by atoms with van der Waals surface area (Å²) in [4.78, 5) is 24.7. The van der Waals surface area contributed by atoms with Gasteiger partial charge in [-0.25, -0.2) is 0 Å². The maximum Gasteiger partial charge on any atom is 0.234 e. The topological polar surface area (TPSA) is 146 Å². The van der Waals surface area contributed by atoms with E-state index in [1.54, 1.807) is 0 Å². The molecule has 0 unspecified atom stereocenters. The number of hydrogen-bond donors (Lipinski definition) is 5. The summed E-state index contributed by atoms with van der Waals surface area (Å²) in [5, 5.41) is 41.6. The molecule has 3 rings (SSSR count). The van der Waals surface area contributed by atoms with Gasteiger partial charge in [0.1, 0.15) is 24.4 Å². The summed E-state index contributed by atoms with van der Waals surface area (Å²) in [6.45, 7) is 3.15. The fourth-order valence-electron chi connectivity index (χ4n) is 3.26. The quantitative estimate of drug-likeness (QED) is 0.376. The van der Waals surface area contributed by atoms with Crippen molar-refractivity contribution in [2.24, 2.45) is 5.41 Å². The molecule has 3 aliphatic rings. The highest BCUT2D eigenvalue weighted by atomic mass is 32.2. The van der Waals surface area contributed by atoms with Crippen molar-refractivity contribution in [3.63, 3.8) is 0 Å². The van der Waals surface area contributed by atoms with Crippen molar-refractivity contribution in [1.82, 2.24) is 5.32 Å². The van der Waals surface area contributed by atoms with Gasteiger partial charge in [-0.1, -0.05) is 13.8 Å². The second kappa shape index (κ2) is 7.63.